The first-order valence-corrected chi connectivity index (χ1v) is 6.70. The first-order chi connectivity index (χ1) is 7.76. The van der Waals surface area contributed by atoms with Crippen molar-refractivity contribution in [2.75, 3.05) is 32.8 Å². The highest BCUT2D eigenvalue weighted by atomic mass is 16.3. The molecule has 1 aliphatic rings. The van der Waals surface area contributed by atoms with Crippen molar-refractivity contribution in [1.29, 1.82) is 0 Å². The van der Waals surface area contributed by atoms with Gasteiger partial charge in [0.05, 0.1) is 6.61 Å². The minimum atomic E-state index is 0.114. The molecule has 2 N–H and O–H groups in total. The summed E-state index contributed by atoms with van der Waals surface area (Å²) >= 11 is 0. The molecule has 0 atom stereocenters. The van der Waals surface area contributed by atoms with Crippen molar-refractivity contribution in [3.63, 3.8) is 0 Å². The molecule has 0 aliphatic heterocycles. The predicted molar refractivity (Wildman–Crippen MR) is 66.4 cm³/mol. The van der Waals surface area contributed by atoms with Gasteiger partial charge in [0.25, 0.3) is 0 Å². The minimum Gasteiger partial charge on any atom is -0.396 e. The van der Waals surface area contributed by atoms with Crippen LogP contribution >= 0.6 is 0 Å². The third kappa shape index (κ3) is 4.04. The van der Waals surface area contributed by atoms with Gasteiger partial charge in [-0.15, -0.1) is 0 Å². The van der Waals surface area contributed by atoms with Crippen LogP contribution in [0.25, 0.3) is 0 Å². The zero-order valence-corrected chi connectivity index (χ0v) is 10.6. The molecule has 0 aromatic carbocycles. The van der Waals surface area contributed by atoms with Gasteiger partial charge in [0.2, 0.25) is 0 Å². The highest BCUT2D eigenvalue weighted by Crippen LogP contribution is 2.36. The van der Waals surface area contributed by atoms with E-state index in [1.807, 2.05) is 0 Å². The summed E-state index contributed by atoms with van der Waals surface area (Å²) in [7, 11) is 0. The molecule has 0 amide bonds. The van der Waals surface area contributed by atoms with Gasteiger partial charge in [-0.3, -0.25) is 0 Å². The van der Waals surface area contributed by atoms with Crippen LogP contribution in [0.3, 0.4) is 0 Å². The Kier molecular flexibility index (Phi) is 6.32. The lowest BCUT2D eigenvalue weighted by atomic mass is 9.74. The standard InChI is InChI=1S/C13H27NO2/c1-2-8-14(9-10-15)11-13(12-16)6-4-3-5-7-13/h15-16H,2-12H2,1H3. The zero-order chi connectivity index (χ0) is 11.9. The molecule has 1 fully saturated rings. The summed E-state index contributed by atoms with van der Waals surface area (Å²) < 4.78 is 0. The van der Waals surface area contributed by atoms with Crippen molar-refractivity contribution in [3.8, 4) is 0 Å². The molecule has 96 valence electrons. The lowest BCUT2D eigenvalue weighted by Crippen LogP contribution is -2.43. The second-order valence-electron chi connectivity index (χ2n) is 5.22. The molecule has 3 heteroatoms. The molecule has 0 heterocycles. The van der Waals surface area contributed by atoms with Crippen LogP contribution in [0.1, 0.15) is 45.4 Å². The monoisotopic (exact) mass is 229 g/mol. The van der Waals surface area contributed by atoms with Gasteiger partial charge in [0.1, 0.15) is 0 Å². The molecule has 0 bridgehead atoms. The number of hydrogen-bond acceptors (Lipinski definition) is 3. The number of rotatable bonds is 7. The molecule has 16 heavy (non-hydrogen) atoms. The molecular weight excluding hydrogens is 202 g/mol. The van der Waals surface area contributed by atoms with Gasteiger partial charge in [-0.05, 0) is 25.8 Å². The Morgan fingerprint density at radius 3 is 2.25 bits per heavy atom. The summed E-state index contributed by atoms with van der Waals surface area (Å²) in [4.78, 5) is 2.31. The second-order valence-corrected chi connectivity index (χ2v) is 5.22. The van der Waals surface area contributed by atoms with Crippen molar-refractivity contribution in [2.45, 2.75) is 45.4 Å². The van der Waals surface area contributed by atoms with E-state index in [0.717, 1.165) is 38.9 Å². The largest absolute Gasteiger partial charge is 0.396 e. The van der Waals surface area contributed by atoms with Gasteiger partial charge < -0.3 is 15.1 Å². The van der Waals surface area contributed by atoms with Gasteiger partial charge in [-0.1, -0.05) is 26.2 Å². The maximum atomic E-state index is 9.64. The molecule has 1 aliphatic carbocycles. The van der Waals surface area contributed by atoms with Crippen LogP contribution in [-0.4, -0.2) is 48.0 Å². The van der Waals surface area contributed by atoms with Crippen LogP contribution in [0, 0.1) is 5.41 Å². The predicted octanol–water partition coefficient (Wildman–Crippen LogP) is 1.63. The first kappa shape index (κ1) is 13.9. The van der Waals surface area contributed by atoms with Gasteiger partial charge in [0.15, 0.2) is 0 Å². The van der Waals surface area contributed by atoms with E-state index in [0.29, 0.717) is 6.61 Å². The topological polar surface area (TPSA) is 43.7 Å². The Bertz CT molecular complexity index is 173. The first-order valence-electron chi connectivity index (χ1n) is 6.70. The quantitative estimate of drug-likeness (QED) is 0.697. The van der Waals surface area contributed by atoms with E-state index in [1.54, 1.807) is 0 Å². The highest BCUT2D eigenvalue weighted by Gasteiger charge is 2.32. The molecule has 0 spiro atoms. The van der Waals surface area contributed by atoms with Gasteiger partial charge in [0, 0.05) is 25.1 Å². The molecule has 0 saturated heterocycles. The van der Waals surface area contributed by atoms with E-state index < -0.39 is 0 Å². The lowest BCUT2D eigenvalue weighted by molar-refractivity contribution is 0.0349. The summed E-state index contributed by atoms with van der Waals surface area (Å²) in [6.45, 7) is 5.42. The number of nitrogens with zero attached hydrogens (tertiary/aromatic N) is 1. The molecule has 0 unspecified atom stereocenters. The lowest BCUT2D eigenvalue weighted by Gasteiger charge is -2.39. The maximum absolute atomic E-state index is 9.64. The smallest absolute Gasteiger partial charge is 0.0558 e. The van der Waals surface area contributed by atoms with Crippen LogP contribution in [0.5, 0.6) is 0 Å². The highest BCUT2D eigenvalue weighted by molar-refractivity contribution is 4.85. The summed E-state index contributed by atoms with van der Waals surface area (Å²) in [5.74, 6) is 0. The van der Waals surface area contributed by atoms with Crippen LogP contribution in [0.15, 0.2) is 0 Å². The normalized spacial score (nSPS) is 20.2. The average Bonchev–Trinajstić information content (AvgIpc) is 2.31. The Labute approximate surface area is 99.5 Å². The average molecular weight is 229 g/mol. The van der Waals surface area contributed by atoms with Crippen LogP contribution in [-0.2, 0) is 0 Å². The Morgan fingerprint density at radius 1 is 1.06 bits per heavy atom. The van der Waals surface area contributed by atoms with Crippen molar-refractivity contribution in [1.82, 2.24) is 4.90 Å². The molecule has 3 nitrogen and oxygen atoms in total. The fraction of sp³-hybridized carbons (Fsp3) is 1.00. The molecular formula is C13H27NO2. The van der Waals surface area contributed by atoms with Crippen molar-refractivity contribution in [3.05, 3.63) is 0 Å². The van der Waals surface area contributed by atoms with Crippen molar-refractivity contribution < 1.29 is 10.2 Å². The van der Waals surface area contributed by atoms with Crippen molar-refractivity contribution >= 4 is 0 Å². The summed E-state index contributed by atoms with van der Waals surface area (Å²) in [5, 5.41) is 18.7. The molecule has 0 aromatic rings. The van der Waals surface area contributed by atoms with Crippen molar-refractivity contribution in [2.24, 2.45) is 5.41 Å². The van der Waals surface area contributed by atoms with Gasteiger partial charge in [-0.2, -0.15) is 0 Å². The second kappa shape index (κ2) is 7.25. The number of aliphatic hydroxyl groups is 2. The van der Waals surface area contributed by atoms with Crippen LogP contribution in [0.4, 0.5) is 0 Å². The summed E-state index contributed by atoms with van der Waals surface area (Å²) in [6, 6.07) is 0. The Morgan fingerprint density at radius 2 is 1.75 bits per heavy atom. The summed E-state index contributed by atoms with van der Waals surface area (Å²) in [5.41, 5.74) is 0.114. The van der Waals surface area contributed by atoms with E-state index in [2.05, 4.69) is 11.8 Å². The van der Waals surface area contributed by atoms with Crippen LogP contribution in [0.2, 0.25) is 0 Å². The zero-order valence-electron chi connectivity index (χ0n) is 10.6. The summed E-state index contributed by atoms with van der Waals surface area (Å²) in [6.07, 6.45) is 7.22. The van der Waals surface area contributed by atoms with Gasteiger partial charge >= 0.3 is 0 Å². The maximum Gasteiger partial charge on any atom is 0.0558 e. The third-order valence-corrected chi connectivity index (χ3v) is 3.76. The fourth-order valence-electron chi connectivity index (χ4n) is 2.87. The third-order valence-electron chi connectivity index (χ3n) is 3.76. The van der Waals surface area contributed by atoms with E-state index in [1.165, 1.54) is 19.3 Å². The van der Waals surface area contributed by atoms with E-state index in [9.17, 15) is 5.11 Å². The number of aliphatic hydroxyl groups excluding tert-OH is 2. The minimum absolute atomic E-state index is 0.114. The molecule has 0 radical (unpaired) electrons. The van der Waals surface area contributed by atoms with Crippen LogP contribution < -0.4 is 0 Å². The molecule has 1 saturated carbocycles. The SMILES string of the molecule is CCCN(CCO)CC1(CO)CCCCC1. The van der Waals surface area contributed by atoms with E-state index in [4.69, 9.17) is 5.11 Å². The number of hydrogen-bond donors (Lipinski definition) is 2. The Hall–Kier alpha value is -0.120. The van der Waals surface area contributed by atoms with E-state index in [-0.39, 0.29) is 12.0 Å². The molecule has 0 aromatic heterocycles. The Balaban J connectivity index is 2.50. The fourth-order valence-corrected chi connectivity index (χ4v) is 2.87. The van der Waals surface area contributed by atoms with E-state index >= 15 is 0 Å². The molecule has 1 rings (SSSR count). The van der Waals surface area contributed by atoms with Gasteiger partial charge in [-0.25, -0.2) is 0 Å².